The monoisotopic (exact) mass is 524 g/mol. The number of benzene rings is 3. The largest absolute Gasteiger partial charge is 0.497 e. The molecule has 37 heavy (non-hydrogen) atoms. The molecule has 1 unspecified atom stereocenters. The molecular formula is C28H32N2O6S. The van der Waals surface area contributed by atoms with Gasteiger partial charge in [0.05, 0.1) is 25.1 Å². The van der Waals surface area contributed by atoms with Crippen molar-refractivity contribution in [3.05, 3.63) is 83.9 Å². The molecule has 0 aromatic heterocycles. The van der Waals surface area contributed by atoms with Crippen LogP contribution in [0.15, 0.2) is 72.8 Å². The first-order valence-corrected chi connectivity index (χ1v) is 13.8. The van der Waals surface area contributed by atoms with Crippen LogP contribution in [0.2, 0.25) is 0 Å². The smallest absolute Gasteiger partial charge is 0.241 e. The van der Waals surface area contributed by atoms with E-state index in [9.17, 15) is 13.2 Å². The summed E-state index contributed by atoms with van der Waals surface area (Å²) in [6.07, 6.45) is 1.60. The Labute approximate surface area is 218 Å². The van der Waals surface area contributed by atoms with Crippen LogP contribution in [0.1, 0.15) is 37.4 Å². The summed E-state index contributed by atoms with van der Waals surface area (Å²) in [7, 11) is -2.15. The number of nitrogens with zero attached hydrogens (tertiary/aromatic N) is 1. The summed E-state index contributed by atoms with van der Waals surface area (Å²) < 4.78 is 43.5. The van der Waals surface area contributed by atoms with Crippen molar-refractivity contribution in [2.75, 3.05) is 24.2 Å². The van der Waals surface area contributed by atoms with Gasteiger partial charge in [0.15, 0.2) is 0 Å². The van der Waals surface area contributed by atoms with E-state index in [0.717, 1.165) is 21.7 Å². The van der Waals surface area contributed by atoms with E-state index in [4.69, 9.17) is 14.2 Å². The zero-order chi connectivity index (χ0) is 26.6. The van der Waals surface area contributed by atoms with Crippen molar-refractivity contribution < 1.29 is 27.4 Å². The van der Waals surface area contributed by atoms with E-state index in [2.05, 4.69) is 5.32 Å². The van der Waals surface area contributed by atoms with Crippen molar-refractivity contribution in [1.82, 2.24) is 5.32 Å². The summed E-state index contributed by atoms with van der Waals surface area (Å²) in [5.74, 6) is 1.48. The maximum atomic E-state index is 13.1. The standard InChI is InChI=1S/C28H32N2O6S/c1-28(2)17-25(24-16-23(34-3)14-15-26(24)36-28)29-27(31)18-30(37(4,32)33)21-10-12-22(13-11-21)35-19-20-8-6-5-7-9-20/h5-16,25H,17-19H2,1-4H3,(H,29,31). The molecule has 1 heterocycles. The fourth-order valence-corrected chi connectivity index (χ4v) is 5.16. The van der Waals surface area contributed by atoms with Crippen LogP contribution in [0, 0.1) is 0 Å². The molecule has 0 aliphatic carbocycles. The molecule has 196 valence electrons. The van der Waals surface area contributed by atoms with Gasteiger partial charge in [0.25, 0.3) is 0 Å². The van der Waals surface area contributed by atoms with E-state index in [1.165, 1.54) is 0 Å². The molecule has 1 aliphatic rings. The van der Waals surface area contributed by atoms with Gasteiger partial charge in [-0.1, -0.05) is 30.3 Å². The van der Waals surface area contributed by atoms with E-state index >= 15 is 0 Å². The number of hydrogen-bond donors (Lipinski definition) is 1. The van der Waals surface area contributed by atoms with Gasteiger partial charge in [0.2, 0.25) is 15.9 Å². The number of carbonyl (C=O) groups is 1. The number of amides is 1. The van der Waals surface area contributed by atoms with Crippen LogP contribution < -0.4 is 23.8 Å². The first-order chi connectivity index (χ1) is 17.5. The van der Waals surface area contributed by atoms with Gasteiger partial charge in [-0.15, -0.1) is 0 Å². The highest BCUT2D eigenvalue weighted by atomic mass is 32.2. The van der Waals surface area contributed by atoms with E-state index in [1.807, 2.05) is 56.3 Å². The number of rotatable bonds is 9. The van der Waals surface area contributed by atoms with Gasteiger partial charge >= 0.3 is 0 Å². The van der Waals surface area contributed by atoms with Gasteiger partial charge in [-0.05, 0) is 61.9 Å². The highest BCUT2D eigenvalue weighted by Crippen LogP contribution is 2.41. The van der Waals surface area contributed by atoms with Crippen molar-refractivity contribution in [2.45, 2.75) is 38.5 Å². The first-order valence-electron chi connectivity index (χ1n) is 11.9. The number of methoxy groups -OCH3 is 1. The summed E-state index contributed by atoms with van der Waals surface area (Å²) in [5, 5.41) is 3.00. The Bertz CT molecular complexity index is 1340. The average molecular weight is 525 g/mol. The molecule has 4 rings (SSSR count). The van der Waals surface area contributed by atoms with Crippen molar-refractivity contribution in [2.24, 2.45) is 0 Å². The molecule has 1 atom stereocenters. The van der Waals surface area contributed by atoms with E-state index in [-0.39, 0.29) is 12.6 Å². The van der Waals surface area contributed by atoms with Crippen LogP contribution in [0.4, 0.5) is 5.69 Å². The van der Waals surface area contributed by atoms with Gasteiger partial charge in [0.1, 0.15) is 36.0 Å². The molecule has 0 bridgehead atoms. The molecule has 1 aliphatic heterocycles. The van der Waals surface area contributed by atoms with Crippen molar-refractivity contribution in [3.8, 4) is 17.2 Å². The second-order valence-electron chi connectivity index (χ2n) is 9.63. The molecule has 1 amide bonds. The van der Waals surface area contributed by atoms with Gasteiger partial charge < -0.3 is 19.5 Å². The lowest BCUT2D eigenvalue weighted by atomic mass is 9.89. The average Bonchev–Trinajstić information content (AvgIpc) is 2.85. The third kappa shape index (κ3) is 6.74. The Morgan fingerprint density at radius 3 is 2.38 bits per heavy atom. The Morgan fingerprint density at radius 1 is 1.05 bits per heavy atom. The van der Waals surface area contributed by atoms with Crippen molar-refractivity contribution >= 4 is 21.6 Å². The number of fused-ring (bicyclic) bond motifs is 1. The maximum Gasteiger partial charge on any atom is 0.241 e. The molecule has 0 saturated carbocycles. The number of nitrogens with one attached hydrogen (secondary N) is 1. The van der Waals surface area contributed by atoms with Gasteiger partial charge in [-0.25, -0.2) is 8.42 Å². The molecule has 0 fully saturated rings. The number of ether oxygens (including phenoxy) is 3. The summed E-state index contributed by atoms with van der Waals surface area (Å²) in [4.78, 5) is 13.1. The molecule has 0 saturated heterocycles. The van der Waals surface area contributed by atoms with Crippen LogP contribution in [-0.4, -0.2) is 39.8 Å². The van der Waals surface area contributed by atoms with E-state index < -0.39 is 21.5 Å². The van der Waals surface area contributed by atoms with Gasteiger partial charge in [0, 0.05) is 12.0 Å². The molecular weight excluding hydrogens is 492 g/mol. The van der Waals surface area contributed by atoms with Crippen LogP contribution in [0.5, 0.6) is 17.2 Å². The minimum Gasteiger partial charge on any atom is -0.497 e. The SMILES string of the molecule is COc1ccc2c(c1)C(NC(=O)CN(c1ccc(OCc3ccccc3)cc1)S(C)(=O)=O)CC(C)(C)O2. The molecule has 1 N–H and O–H groups in total. The number of hydrogen-bond acceptors (Lipinski definition) is 6. The maximum absolute atomic E-state index is 13.1. The normalized spacial score (nSPS) is 16.2. The quantitative estimate of drug-likeness (QED) is 0.444. The molecule has 9 heteroatoms. The fraction of sp³-hybridized carbons (Fsp3) is 0.321. The molecule has 3 aromatic rings. The molecule has 0 spiro atoms. The first kappa shape index (κ1) is 26.3. The molecule has 8 nitrogen and oxygen atoms in total. The van der Waals surface area contributed by atoms with Gasteiger partial charge in [-0.3, -0.25) is 9.10 Å². The second kappa shape index (κ2) is 10.7. The van der Waals surface area contributed by atoms with Crippen LogP contribution in [-0.2, 0) is 21.4 Å². The zero-order valence-corrected chi connectivity index (χ0v) is 22.2. The summed E-state index contributed by atoms with van der Waals surface area (Å²) in [5.41, 5.74) is 1.68. The molecule has 3 aromatic carbocycles. The third-order valence-corrected chi connectivity index (χ3v) is 7.21. The predicted molar refractivity (Wildman–Crippen MR) is 143 cm³/mol. The van der Waals surface area contributed by atoms with Crippen molar-refractivity contribution in [1.29, 1.82) is 0 Å². The lowest BCUT2D eigenvalue weighted by Gasteiger charge is -2.38. The number of carbonyl (C=O) groups excluding carboxylic acids is 1. The minimum absolute atomic E-state index is 0.361. The topological polar surface area (TPSA) is 94.2 Å². The lowest BCUT2D eigenvalue weighted by molar-refractivity contribution is -0.120. The van der Waals surface area contributed by atoms with Crippen molar-refractivity contribution in [3.63, 3.8) is 0 Å². The van der Waals surface area contributed by atoms with Crippen LogP contribution in [0.3, 0.4) is 0 Å². The van der Waals surface area contributed by atoms with E-state index in [0.29, 0.717) is 36.0 Å². The Kier molecular flexibility index (Phi) is 7.63. The Morgan fingerprint density at radius 2 is 1.73 bits per heavy atom. The highest BCUT2D eigenvalue weighted by molar-refractivity contribution is 7.92. The fourth-order valence-electron chi connectivity index (χ4n) is 4.31. The zero-order valence-electron chi connectivity index (χ0n) is 21.4. The van der Waals surface area contributed by atoms with Crippen LogP contribution >= 0.6 is 0 Å². The summed E-state index contributed by atoms with van der Waals surface area (Å²) in [6, 6.07) is 21.5. The van der Waals surface area contributed by atoms with E-state index in [1.54, 1.807) is 37.4 Å². The molecule has 0 radical (unpaired) electrons. The minimum atomic E-state index is -3.73. The predicted octanol–water partition coefficient (Wildman–Crippen LogP) is 4.46. The lowest BCUT2D eigenvalue weighted by Crippen LogP contribution is -2.45. The highest BCUT2D eigenvalue weighted by Gasteiger charge is 2.35. The van der Waals surface area contributed by atoms with Crippen LogP contribution in [0.25, 0.3) is 0 Å². The summed E-state index contributed by atoms with van der Waals surface area (Å²) in [6.45, 7) is 3.93. The second-order valence-corrected chi connectivity index (χ2v) is 11.5. The Balaban J connectivity index is 1.48. The summed E-state index contributed by atoms with van der Waals surface area (Å²) >= 11 is 0. The number of anilines is 1. The third-order valence-electron chi connectivity index (χ3n) is 6.07. The van der Waals surface area contributed by atoms with Gasteiger partial charge in [-0.2, -0.15) is 0 Å². The number of sulfonamides is 1. The Hall–Kier alpha value is -3.72.